The van der Waals surface area contributed by atoms with E-state index in [2.05, 4.69) is 10.6 Å². The van der Waals surface area contributed by atoms with Gasteiger partial charge in [-0.05, 0) is 48.9 Å². The summed E-state index contributed by atoms with van der Waals surface area (Å²) in [5.74, 6) is -0.381. The number of benzene rings is 2. The molecule has 0 radical (unpaired) electrons. The summed E-state index contributed by atoms with van der Waals surface area (Å²) < 4.78 is 18.7. The maximum Gasteiger partial charge on any atom is 0.255 e. The third kappa shape index (κ3) is 4.16. The van der Waals surface area contributed by atoms with Gasteiger partial charge in [0.15, 0.2) is 0 Å². The monoisotopic (exact) mass is 353 g/mol. The number of ether oxygens (including phenoxy) is 1. The Balaban J connectivity index is 1.83. The summed E-state index contributed by atoms with van der Waals surface area (Å²) in [5, 5.41) is 14.6. The molecule has 0 spiro atoms. The fourth-order valence-electron chi connectivity index (χ4n) is 2.66. The maximum absolute atomic E-state index is 13.0. The van der Waals surface area contributed by atoms with Crippen LogP contribution in [0.25, 0.3) is 0 Å². The summed E-state index contributed by atoms with van der Waals surface area (Å²) in [6.07, 6.45) is 0.859. The summed E-state index contributed by atoms with van der Waals surface area (Å²) in [7, 11) is 0. The number of nitrogens with zero attached hydrogens (tertiary/aromatic N) is 1. The quantitative estimate of drug-likeness (QED) is 0.883. The second-order valence-electron chi connectivity index (χ2n) is 5.89. The SMILES string of the molecule is N#Cc1ccc(C(=O)NC2CCNC(=O)C2)c(Oc2ccc(F)cc2)c1. The van der Waals surface area contributed by atoms with Crippen molar-refractivity contribution in [1.29, 1.82) is 5.26 Å². The van der Waals surface area contributed by atoms with Crippen molar-refractivity contribution in [1.82, 2.24) is 10.6 Å². The van der Waals surface area contributed by atoms with Crippen LogP contribution in [0, 0.1) is 17.1 Å². The van der Waals surface area contributed by atoms with E-state index >= 15 is 0 Å². The summed E-state index contributed by atoms with van der Waals surface area (Å²) >= 11 is 0. The van der Waals surface area contributed by atoms with Crippen LogP contribution in [0.15, 0.2) is 42.5 Å². The van der Waals surface area contributed by atoms with E-state index in [0.717, 1.165) is 0 Å². The maximum atomic E-state index is 13.0. The van der Waals surface area contributed by atoms with Gasteiger partial charge in [0.1, 0.15) is 17.3 Å². The Kier molecular flexibility index (Phi) is 5.13. The van der Waals surface area contributed by atoms with Gasteiger partial charge in [-0.25, -0.2) is 4.39 Å². The van der Waals surface area contributed by atoms with Crippen LogP contribution in [0.1, 0.15) is 28.8 Å². The lowest BCUT2D eigenvalue weighted by Gasteiger charge is -2.23. The standard InChI is InChI=1S/C19H16FN3O3/c20-13-2-4-15(5-3-13)26-17-9-12(11-21)1-6-16(17)19(25)23-14-7-8-22-18(24)10-14/h1-6,9,14H,7-8,10H2,(H,22,24)(H,23,25). The Bertz CT molecular complexity index is 875. The van der Waals surface area contributed by atoms with Gasteiger partial charge in [0.05, 0.1) is 17.2 Å². The van der Waals surface area contributed by atoms with Crippen LogP contribution in [0.5, 0.6) is 11.5 Å². The molecule has 7 heteroatoms. The van der Waals surface area contributed by atoms with E-state index in [-0.39, 0.29) is 29.7 Å². The van der Waals surface area contributed by atoms with Crippen molar-refractivity contribution in [2.45, 2.75) is 18.9 Å². The lowest BCUT2D eigenvalue weighted by Crippen LogP contribution is -2.45. The highest BCUT2D eigenvalue weighted by Gasteiger charge is 2.23. The van der Waals surface area contributed by atoms with Crippen molar-refractivity contribution in [3.8, 4) is 17.6 Å². The number of carbonyl (C=O) groups is 2. The van der Waals surface area contributed by atoms with Gasteiger partial charge in [0, 0.05) is 19.0 Å². The van der Waals surface area contributed by atoms with Crippen molar-refractivity contribution in [2.24, 2.45) is 0 Å². The molecule has 1 saturated heterocycles. The van der Waals surface area contributed by atoms with Crippen LogP contribution in [0.3, 0.4) is 0 Å². The Labute approximate surface area is 149 Å². The van der Waals surface area contributed by atoms with Crippen LogP contribution < -0.4 is 15.4 Å². The van der Waals surface area contributed by atoms with Crippen molar-refractivity contribution >= 4 is 11.8 Å². The van der Waals surface area contributed by atoms with E-state index < -0.39 is 11.7 Å². The highest BCUT2D eigenvalue weighted by atomic mass is 19.1. The molecule has 1 heterocycles. The number of amides is 2. The third-order valence-corrected chi connectivity index (χ3v) is 3.98. The van der Waals surface area contributed by atoms with Crippen molar-refractivity contribution in [2.75, 3.05) is 6.54 Å². The lowest BCUT2D eigenvalue weighted by atomic mass is 10.0. The second kappa shape index (κ2) is 7.66. The largest absolute Gasteiger partial charge is 0.456 e. The normalized spacial score (nSPS) is 16.3. The minimum absolute atomic E-state index is 0.107. The van der Waals surface area contributed by atoms with Crippen LogP contribution in [-0.2, 0) is 4.79 Å². The second-order valence-corrected chi connectivity index (χ2v) is 5.89. The molecule has 0 aliphatic carbocycles. The Hall–Kier alpha value is -3.40. The number of nitriles is 1. The molecule has 2 N–H and O–H groups in total. The molecule has 132 valence electrons. The zero-order valence-electron chi connectivity index (χ0n) is 13.8. The molecule has 3 rings (SSSR count). The van der Waals surface area contributed by atoms with Crippen LogP contribution in [0.2, 0.25) is 0 Å². The van der Waals surface area contributed by atoms with Gasteiger partial charge >= 0.3 is 0 Å². The Morgan fingerprint density at radius 2 is 2.04 bits per heavy atom. The highest BCUT2D eigenvalue weighted by Crippen LogP contribution is 2.27. The molecule has 1 aliphatic heterocycles. The fourth-order valence-corrected chi connectivity index (χ4v) is 2.66. The third-order valence-electron chi connectivity index (χ3n) is 3.98. The number of hydrogen-bond donors (Lipinski definition) is 2. The fraction of sp³-hybridized carbons (Fsp3) is 0.211. The predicted molar refractivity (Wildman–Crippen MR) is 91.1 cm³/mol. The number of rotatable bonds is 4. The first kappa shape index (κ1) is 17.4. The van der Waals surface area contributed by atoms with Gasteiger partial charge in [-0.3, -0.25) is 9.59 Å². The summed E-state index contributed by atoms with van der Waals surface area (Å²) in [4.78, 5) is 24.1. The van der Waals surface area contributed by atoms with Crippen molar-refractivity contribution in [3.05, 3.63) is 59.4 Å². The smallest absolute Gasteiger partial charge is 0.255 e. The molecule has 2 aromatic carbocycles. The van der Waals surface area contributed by atoms with E-state index in [1.165, 1.54) is 42.5 Å². The average Bonchev–Trinajstić information content (AvgIpc) is 2.63. The average molecular weight is 353 g/mol. The number of piperidine rings is 1. The van der Waals surface area contributed by atoms with Gasteiger partial charge in [0.2, 0.25) is 5.91 Å². The number of halogens is 1. The first-order valence-electron chi connectivity index (χ1n) is 8.10. The Morgan fingerprint density at radius 1 is 1.27 bits per heavy atom. The predicted octanol–water partition coefficient (Wildman–Crippen LogP) is 2.50. The van der Waals surface area contributed by atoms with Gasteiger partial charge in [-0.1, -0.05) is 0 Å². The molecule has 6 nitrogen and oxygen atoms in total. The van der Waals surface area contributed by atoms with E-state index in [0.29, 0.717) is 24.3 Å². The van der Waals surface area contributed by atoms with E-state index in [4.69, 9.17) is 10.00 Å². The molecule has 1 atom stereocenters. The van der Waals surface area contributed by atoms with Gasteiger partial charge in [0.25, 0.3) is 5.91 Å². The van der Waals surface area contributed by atoms with Gasteiger partial charge < -0.3 is 15.4 Å². The molecule has 1 unspecified atom stereocenters. The summed E-state index contributed by atoms with van der Waals surface area (Å²) in [6, 6.07) is 11.5. The first-order chi connectivity index (χ1) is 12.5. The molecule has 2 amide bonds. The van der Waals surface area contributed by atoms with Crippen molar-refractivity contribution in [3.63, 3.8) is 0 Å². The minimum atomic E-state index is -0.406. The number of nitrogens with one attached hydrogen (secondary N) is 2. The zero-order valence-corrected chi connectivity index (χ0v) is 13.8. The zero-order chi connectivity index (χ0) is 18.5. The van der Waals surface area contributed by atoms with E-state index in [9.17, 15) is 14.0 Å². The molecule has 0 saturated carbocycles. The van der Waals surface area contributed by atoms with Gasteiger partial charge in [-0.15, -0.1) is 0 Å². The molecular weight excluding hydrogens is 337 g/mol. The minimum Gasteiger partial charge on any atom is -0.456 e. The van der Waals surface area contributed by atoms with E-state index in [1.807, 2.05) is 6.07 Å². The van der Waals surface area contributed by atoms with E-state index in [1.54, 1.807) is 0 Å². The summed E-state index contributed by atoms with van der Waals surface area (Å²) in [6.45, 7) is 0.510. The molecule has 0 aromatic heterocycles. The molecule has 1 aliphatic rings. The molecule has 1 fully saturated rings. The number of hydrogen-bond acceptors (Lipinski definition) is 4. The van der Waals surface area contributed by atoms with Gasteiger partial charge in [-0.2, -0.15) is 5.26 Å². The summed E-state index contributed by atoms with van der Waals surface area (Å²) in [5.41, 5.74) is 0.565. The highest BCUT2D eigenvalue weighted by molar-refractivity contribution is 5.97. The van der Waals surface area contributed by atoms with Crippen LogP contribution in [-0.4, -0.2) is 24.4 Å². The van der Waals surface area contributed by atoms with Crippen molar-refractivity contribution < 1.29 is 18.7 Å². The van der Waals surface area contributed by atoms with Crippen LogP contribution >= 0.6 is 0 Å². The van der Waals surface area contributed by atoms with Crippen LogP contribution in [0.4, 0.5) is 4.39 Å². The molecule has 2 aromatic rings. The lowest BCUT2D eigenvalue weighted by molar-refractivity contribution is -0.122. The topological polar surface area (TPSA) is 91.2 Å². The first-order valence-corrected chi connectivity index (χ1v) is 8.10. The molecule has 0 bridgehead atoms. The molecule has 26 heavy (non-hydrogen) atoms. The number of carbonyl (C=O) groups excluding carboxylic acids is 2. The molecular formula is C19H16FN3O3. The Morgan fingerprint density at radius 3 is 2.73 bits per heavy atom.